The predicted octanol–water partition coefficient (Wildman–Crippen LogP) is 4.68. The lowest BCUT2D eigenvalue weighted by Gasteiger charge is -2.38. The van der Waals surface area contributed by atoms with E-state index in [1.165, 1.54) is 7.11 Å². The quantitative estimate of drug-likeness (QED) is 0.578. The number of carbonyl (C=O) groups is 1. The first-order valence-electron chi connectivity index (χ1n) is 9.25. The van der Waals surface area contributed by atoms with Crippen molar-refractivity contribution in [3.63, 3.8) is 0 Å². The lowest BCUT2D eigenvalue weighted by atomic mass is 9.89. The van der Waals surface area contributed by atoms with Gasteiger partial charge in [-0.05, 0) is 69.2 Å². The zero-order chi connectivity index (χ0) is 20.5. The van der Waals surface area contributed by atoms with E-state index < -0.39 is 0 Å². The zero-order valence-electron chi connectivity index (χ0n) is 16.9. The van der Waals surface area contributed by atoms with Crippen LogP contribution in [0.15, 0.2) is 36.4 Å². The van der Waals surface area contributed by atoms with E-state index >= 15 is 0 Å². The first-order chi connectivity index (χ1) is 13.2. The third-order valence-electron chi connectivity index (χ3n) is 4.92. The van der Waals surface area contributed by atoms with E-state index in [4.69, 9.17) is 21.7 Å². The molecule has 0 saturated carbocycles. The molecule has 28 heavy (non-hydrogen) atoms. The number of anilines is 1. The highest BCUT2D eigenvalue weighted by Gasteiger charge is 2.34. The van der Waals surface area contributed by atoms with E-state index in [0.717, 1.165) is 34.5 Å². The van der Waals surface area contributed by atoms with Gasteiger partial charge in [0, 0.05) is 17.7 Å². The van der Waals surface area contributed by atoms with E-state index in [1.807, 2.05) is 13.0 Å². The fourth-order valence-corrected chi connectivity index (χ4v) is 3.76. The van der Waals surface area contributed by atoms with Gasteiger partial charge in [0.2, 0.25) is 0 Å². The van der Waals surface area contributed by atoms with Gasteiger partial charge in [0.1, 0.15) is 11.4 Å². The van der Waals surface area contributed by atoms with E-state index in [1.54, 1.807) is 12.1 Å². The van der Waals surface area contributed by atoms with Crippen molar-refractivity contribution in [2.75, 3.05) is 12.4 Å². The van der Waals surface area contributed by atoms with E-state index in [2.05, 4.69) is 49.6 Å². The van der Waals surface area contributed by atoms with Gasteiger partial charge in [-0.1, -0.05) is 18.2 Å². The molecule has 148 valence electrons. The van der Waals surface area contributed by atoms with Gasteiger partial charge >= 0.3 is 5.97 Å². The second-order valence-electron chi connectivity index (χ2n) is 7.73. The van der Waals surface area contributed by atoms with Crippen LogP contribution in [-0.4, -0.2) is 23.8 Å². The van der Waals surface area contributed by atoms with Gasteiger partial charge in [-0.2, -0.15) is 0 Å². The molecule has 1 aliphatic rings. The van der Waals surface area contributed by atoms with Crippen LogP contribution in [0.25, 0.3) is 0 Å². The molecule has 2 aromatic rings. The van der Waals surface area contributed by atoms with Gasteiger partial charge in [0.15, 0.2) is 5.11 Å². The van der Waals surface area contributed by atoms with Crippen LogP contribution in [-0.2, 0) is 4.74 Å². The molecule has 5 nitrogen and oxygen atoms in total. The first kappa shape index (κ1) is 20.1. The van der Waals surface area contributed by atoms with E-state index in [9.17, 15) is 4.79 Å². The summed E-state index contributed by atoms with van der Waals surface area (Å²) in [5.41, 5.74) is 4.04. The van der Waals surface area contributed by atoms with Crippen molar-refractivity contribution in [2.24, 2.45) is 0 Å². The second-order valence-corrected chi connectivity index (χ2v) is 8.14. The van der Waals surface area contributed by atoms with Crippen LogP contribution >= 0.6 is 12.2 Å². The lowest BCUT2D eigenvalue weighted by Crippen LogP contribution is -2.42. The highest BCUT2D eigenvalue weighted by molar-refractivity contribution is 7.80. The number of methoxy groups -OCH3 is 1. The monoisotopic (exact) mass is 398 g/mol. The van der Waals surface area contributed by atoms with Crippen LogP contribution in [0.5, 0.6) is 5.75 Å². The summed E-state index contributed by atoms with van der Waals surface area (Å²) in [5, 5.41) is 7.13. The Morgan fingerprint density at radius 1 is 1.25 bits per heavy atom. The van der Waals surface area contributed by atoms with Gasteiger partial charge in [-0.15, -0.1) is 0 Å². The van der Waals surface area contributed by atoms with Crippen molar-refractivity contribution >= 4 is 29.0 Å². The summed E-state index contributed by atoms with van der Waals surface area (Å²) in [6.07, 6.45) is 0.784. The van der Waals surface area contributed by atoms with Gasteiger partial charge in [0.25, 0.3) is 0 Å². The Morgan fingerprint density at radius 2 is 2.00 bits per heavy atom. The maximum Gasteiger partial charge on any atom is 0.338 e. The van der Waals surface area contributed by atoms with Crippen molar-refractivity contribution in [1.29, 1.82) is 0 Å². The normalized spacial score (nSPS) is 17.1. The number of nitrogens with one attached hydrogen (secondary N) is 2. The molecule has 0 aliphatic carbocycles. The molecule has 0 radical (unpaired) electrons. The molecule has 2 N–H and O–H groups in total. The van der Waals surface area contributed by atoms with Crippen molar-refractivity contribution < 1.29 is 14.3 Å². The number of aryl methyl sites for hydroxylation is 1. The molecule has 1 atom stereocenters. The standard InChI is InChI=1S/C22H26N2O3S/c1-13-9-10-16-18(12-22(3,4)27-19(16)11-13)24-21(28)23-17-8-6-7-15(14(17)2)20(25)26-5/h6-11,18H,12H2,1-5H3,(H2,23,24,28)/t18-/m1/s1. The highest BCUT2D eigenvalue weighted by atomic mass is 32.1. The minimum Gasteiger partial charge on any atom is -0.487 e. The molecule has 0 saturated heterocycles. The predicted molar refractivity (Wildman–Crippen MR) is 115 cm³/mol. The zero-order valence-corrected chi connectivity index (χ0v) is 17.7. The molecule has 0 spiro atoms. The number of benzene rings is 2. The average molecular weight is 399 g/mol. The van der Waals surface area contributed by atoms with Crippen molar-refractivity contribution in [2.45, 2.75) is 45.8 Å². The van der Waals surface area contributed by atoms with E-state index in [0.29, 0.717) is 10.7 Å². The first-order valence-corrected chi connectivity index (χ1v) is 9.66. The Bertz CT molecular complexity index is 924. The smallest absolute Gasteiger partial charge is 0.338 e. The number of rotatable bonds is 3. The van der Waals surface area contributed by atoms with Gasteiger partial charge < -0.3 is 20.1 Å². The molecule has 1 heterocycles. The van der Waals surface area contributed by atoms with Crippen LogP contribution in [0.4, 0.5) is 5.69 Å². The summed E-state index contributed by atoms with van der Waals surface area (Å²) in [6.45, 7) is 8.07. The van der Waals surface area contributed by atoms with Gasteiger partial charge in [-0.3, -0.25) is 0 Å². The largest absolute Gasteiger partial charge is 0.487 e. The Hall–Kier alpha value is -2.60. The molecule has 3 rings (SSSR count). The fourth-order valence-electron chi connectivity index (χ4n) is 3.51. The van der Waals surface area contributed by atoms with Crippen LogP contribution in [0, 0.1) is 13.8 Å². The number of esters is 1. The molecule has 0 unspecified atom stereocenters. The molecule has 2 aromatic carbocycles. The minimum absolute atomic E-state index is 0.0310. The number of thiocarbonyl (C=S) groups is 1. The Morgan fingerprint density at radius 3 is 2.71 bits per heavy atom. The Labute approximate surface area is 171 Å². The summed E-state index contributed by atoms with van der Waals surface area (Å²) < 4.78 is 11.0. The fraction of sp³-hybridized carbons (Fsp3) is 0.364. The van der Waals surface area contributed by atoms with Crippen LogP contribution in [0.3, 0.4) is 0 Å². The van der Waals surface area contributed by atoms with Crippen LogP contribution in [0.1, 0.15) is 53.4 Å². The maximum absolute atomic E-state index is 11.9. The molecule has 0 bridgehead atoms. The number of ether oxygens (including phenoxy) is 2. The summed E-state index contributed by atoms with van der Waals surface area (Å²) in [7, 11) is 1.38. The number of fused-ring (bicyclic) bond motifs is 1. The molecule has 0 amide bonds. The van der Waals surface area contributed by atoms with E-state index in [-0.39, 0.29) is 17.6 Å². The van der Waals surface area contributed by atoms with Gasteiger partial charge in [-0.25, -0.2) is 4.79 Å². The van der Waals surface area contributed by atoms with Crippen molar-refractivity contribution in [1.82, 2.24) is 5.32 Å². The number of hydrogen-bond donors (Lipinski definition) is 2. The van der Waals surface area contributed by atoms with Gasteiger partial charge in [0.05, 0.1) is 18.7 Å². The third-order valence-corrected chi connectivity index (χ3v) is 5.14. The van der Waals surface area contributed by atoms with Crippen molar-refractivity contribution in [3.05, 3.63) is 58.7 Å². The molecule has 6 heteroatoms. The SMILES string of the molecule is COC(=O)c1cccc(NC(=S)N[C@@H]2CC(C)(C)Oc3cc(C)ccc32)c1C. The maximum atomic E-state index is 11.9. The summed E-state index contributed by atoms with van der Waals surface area (Å²) in [4.78, 5) is 11.9. The molecule has 1 aliphatic heterocycles. The number of carbonyl (C=O) groups excluding carboxylic acids is 1. The topological polar surface area (TPSA) is 59.6 Å². The molecular weight excluding hydrogens is 372 g/mol. The molecule has 0 aromatic heterocycles. The Kier molecular flexibility index (Phi) is 5.61. The summed E-state index contributed by atoms with van der Waals surface area (Å²) in [5.74, 6) is 0.524. The molecule has 0 fully saturated rings. The summed E-state index contributed by atoms with van der Waals surface area (Å²) in [6, 6.07) is 11.7. The summed E-state index contributed by atoms with van der Waals surface area (Å²) >= 11 is 5.56. The highest BCUT2D eigenvalue weighted by Crippen LogP contribution is 2.40. The lowest BCUT2D eigenvalue weighted by molar-refractivity contribution is 0.0599. The van der Waals surface area contributed by atoms with Crippen LogP contribution < -0.4 is 15.4 Å². The molecular formula is C22H26N2O3S. The van der Waals surface area contributed by atoms with Crippen molar-refractivity contribution in [3.8, 4) is 5.75 Å². The van der Waals surface area contributed by atoms with Crippen LogP contribution in [0.2, 0.25) is 0 Å². The average Bonchev–Trinajstić information content (AvgIpc) is 2.61. The second kappa shape index (κ2) is 7.80. The number of hydrogen-bond acceptors (Lipinski definition) is 4. The third kappa shape index (κ3) is 4.28. The minimum atomic E-state index is -0.365. The Balaban J connectivity index is 1.80.